The highest BCUT2D eigenvalue weighted by Gasteiger charge is 2.25. The number of benzene rings is 1. The molecule has 0 aliphatic heterocycles. The third kappa shape index (κ3) is 3.36. The first-order valence-corrected chi connectivity index (χ1v) is 6.97. The van der Waals surface area contributed by atoms with E-state index in [1.54, 1.807) is 18.3 Å². The normalized spacial score (nSPS) is 13.9. The predicted molar refractivity (Wildman–Crippen MR) is 79.6 cm³/mol. The Morgan fingerprint density at radius 3 is 2.90 bits per heavy atom. The fourth-order valence-electron chi connectivity index (χ4n) is 2.24. The quantitative estimate of drug-likeness (QED) is 0.890. The first kappa shape index (κ1) is 15.4. The molecule has 2 aromatic rings. The SMILES string of the molecule is CCC(C)(CCO)NC(=O)c1cc(F)cc2cccnc12. The van der Waals surface area contributed by atoms with Gasteiger partial charge in [-0.2, -0.15) is 0 Å². The summed E-state index contributed by atoms with van der Waals surface area (Å²) in [5, 5.41) is 12.6. The molecule has 0 radical (unpaired) electrons. The Balaban J connectivity index is 2.39. The molecule has 112 valence electrons. The summed E-state index contributed by atoms with van der Waals surface area (Å²) in [5.74, 6) is -0.850. The first-order valence-electron chi connectivity index (χ1n) is 6.97. The van der Waals surface area contributed by atoms with Crippen LogP contribution in [-0.4, -0.2) is 28.1 Å². The number of hydrogen-bond donors (Lipinski definition) is 2. The third-order valence-corrected chi connectivity index (χ3v) is 3.77. The number of carbonyl (C=O) groups is 1. The van der Waals surface area contributed by atoms with E-state index in [2.05, 4.69) is 10.3 Å². The van der Waals surface area contributed by atoms with E-state index in [1.807, 2.05) is 13.8 Å². The van der Waals surface area contributed by atoms with Crippen LogP contribution in [0.4, 0.5) is 4.39 Å². The van der Waals surface area contributed by atoms with Crippen molar-refractivity contribution in [2.45, 2.75) is 32.2 Å². The van der Waals surface area contributed by atoms with E-state index in [-0.39, 0.29) is 18.1 Å². The molecule has 4 nitrogen and oxygen atoms in total. The average molecular weight is 290 g/mol. The lowest BCUT2D eigenvalue weighted by atomic mass is 9.94. The minimum atomic E-state index is -0.529. The minimum Gasteiger partial charge on any atom is -0.396 e. The van der Waals surface area contributed by atoms with Crippen molar-refractivity contribution in [1.29, 1.82) is 0 Å². The number of pyridine rings is 1. The fourth-order valence-corrected chi connectivity index (χ4v) is 2.24. The van der Waals surface area contributed by atoms with Gasteiger partial charge in [0.15, 0.2) is 0 Å². The van der Waals surface area contributed by atoms with Gasteiger partial charge in [0.05, 0.1) is 11.1 Å². The van der Waals surface area contributed by atoms with Crippen molar-refractivity contribution in [2.75, 3.05) is 6.61 Å². The Kier molecular flexibility index (Phi) is 4.53. The van der Waals surface area contributed by atoms with Crippen LogP contribution in [0.1, 0.15) is 37.0 Å². The zero-order valence-electron chi connectivity index (χ0n) is 12.2. The molecule has 0 saturated carbocycles. The Labute approximate surface area is 123 Å². The summed E-state index contributed by atoms with van der Waals surface area (Å²) in [5.41, 5.74) is 0.154. The van der Waals surface area contributed by atoms with Gasteiger partial charge in [-0.05, 0) is 38.0 Å². The van der Waals surface area contributed by atoms with Crippen LogP contribution in [0.3, 0.4) is 0 Å². The first-order chi connectivity index (χ1) is 9.99. The summed E-state index contributed by atoms with van der Waals surface area (Å²) in [6.07, 6.45) is 2.68. The van der Waals surface area contributed by atoms with Crippen molar-refractivity contribution in [3.8, 4) is 0 Å². The van der Waals surface area contributed by atoms with Gasteiger partial charge in [0, 0.05) is 23.7 Å². The molecule has 0 fully saturated rings. The van der Waals surface area contributed by atoms with Crippen molar-refractivity contribution >= 4 is 16.8 Å². The van der Waals surface area contributed by atoms with E-state index in [0.29, 0.717) is 23.7 Å². The molecule has 1 aromatic heterocycles. The summed E-state index contributed by atoms with van der Waals surface area (Å²) >= 11 is 0. The van der Waals surface area contributed by atoms with Crippen LogP contribution in [0.5, 0.6) is 0 Å². The maximum Gasteiger partial charge on any atom is 0.254 e. The second-order valence-corrected chi connectivity index (χ2v) is 5.37. The summed E-state index contributed by atoms with van der Waals surface area (Å²) in [4.78, 5) is 16.6. The number of aromatic nitrogens is 1. The topological polar surface area (TPSA) is 62.2 Å². The second-order valence-electron chi connectivity index (χ2n) is 5.37. The molecule has 0 bridgehead atoms. The number of hydrogen-bond acceptors (Lipinski definition) is 3. The molecule has 2 N–H and O–H groups in total. The standard InChI is InChI=1S/C16H19FN2O2/c1-3-16(2,6-8-20)19-15(21)13-10-12(17)9-11-5-4-7-18-14(11)13/h4-5,7,9-10,20H,3,6,8H2,1-2H3,(H,19,21). The highest BCUT2D eigenvalue weighted by atomic mass is 19.1. The predicted octanol–water partition coefficient (Wildman–Crippen LogP) is 2.65. The minimum absolute atomic E-state index is 0.0211. The number of nitrogens with zero attached hydrogens (tertiary/aromatic N) is 1. The summed E-state index contributed by atoms with van der Waals surface area (Å²) in [6.45, 7) is 3.76. The Morgan fingerprint density at radius 2 is 2.24 bits per heavy atom. The lowest BCUT2D eigenvalue weighted by Crippen LogP contribution is -2.46. The number of rotatable bonds is 5. The average Bonchev–Trinajstić information content (AvgIpc) is 2.46. The van der Waals surface area contributed by atoms with Gasteiger partial charge in [-0.3, -0.25) is 9.78 Å². The molecule has 0 aliphatic carbocycles. The lowest BCUT2D eigenvalue weighted by molar-refractivity contribution is 0.0887. The Hall–Kier alpha value is -2.01. The van der Waals surface area contributed by atoms with Gasteiger partial charge in [0.25, 0.3) is 5.91 Å². The van der Waals surface area contributed by atoms with Crippen LogP contribution in [0.2, 0.25) is 0 Å². The zero-order chi connectivity index (χ0) is 15.5. The molecular formula is C16H19FN2O2. The number of amides is 1. The fraction of sp³-hybridized carbons (Fsp3) is 0.375. The lowest BCUT2D eigenvalue weighted by Gasteiger charge is -2.29. The maximum atomic E-state index is 13.7. The van der Waals surface area contributed by atoms with Crippen molar-refractivity contribution in [1.82, 2.24) is 10.3 Å². The van der Waals surface area contributed by atoms with E-state index in [4.69, 9.17) is 5.11 Å². The van der Waals surface area contributed by atoms with Crippen molar-refractivity contribution in [3.05, 3.63) is 41.8 Å². The van der Waals surface area contributed by atoms with Crippen LogP contribution in [0.25, 0.3) is 10.9 Å². The van der Waals surface area contributed by atoms with E-state index >= 15 is 0 Å². The van der Waals surface area contributed by atoms with E-state index in [9.17, 15) is 9.18 Å². The highest BCUT2D eigenvalue weighted by molar-refractivity contribution is 6.05. The molecule has 1 unspecified atom stereocenters. The monoisotopic (exact) mass is 290 g/mol. The number of nitrogens with one attached hydrogen (secondary N) is 1. The molecule has 1 heterocycles. The molecular weight excluding hydrogens is 271 g/mol. The Bertz CT molecular complexity index is 660. The van der Waals surface area contributed by atoms with Gasteiger partial charge in [0.1, 0.15) is 5.82 Å². The van der Waals surface area contributed by atoms with Gasteiger partial charge in [0.2, 0.25) is 0 Å². The van der Waals surface area contributed by atoms with Crippen LogP contribution < -0.4 is 5.32 Å². The van der Waals surface area contributed by atoms with E-state index in [1.165, 1.54) is 12.1 Å². The number of aliphatic hydroxyl groups excluding tert-OH is 1. The Morgan fingerprint density at radius 1 is 1.48 bits per heavy atom. The van der Waals surface area contributed by atoms with Crippen LogP contribution >= 0.6 is 0 Å². The summed E-state index contributed by atoms with van der Waals surface area (Å²) < 4.78 is 13.7. The van der Waals surface area contributed by atoms with Gasteiger partial charge in [-0.1, -0.05) is 13.0 Å². The van der Waals surface area contributed by atoms with E-state index in [0.717, 1.165) is 0 Å². The largest absolute Gasteiger partial charge is 0.396 e. The van der Waals surface area contributed by atoms with Crippen molar-refractivity contribution in [3.63, 3.8) is 0 Å². The smallest absolute Gasteiger partial charge is 0.254 e. The molecule has 21 heavy (non-hydrogen) atoms. The number of carbonyl (C=O) groups excluding carboxylic acids is 1. The number of aliphatic hydroxyl groups is 1. The number of halogens is 1. The zero-order valence-corrected chi connectivity index (χ0v) is 12.2. The van der Waals surface area contributed by atoms with E-state index < -0.39 is 11.4 Å². The molecule has 0 aliphatic rings. The maximum absolute atomic E-state index is 13.7. The number of fused-ring (bicyclic) bond motifs is 1. The van der Waals surface area contributed by atoms with Gasteiger partial charge in [-0.25, -0.2) is 4.39 Å². The van der Waals surface area contributed by atoms with Crippen molar-refractivity contribution < 1.29 is 14.3 Å². The molecule has 2 rings (SSSR count). The summed E-state index contributed by atoms with van der Waals surface area (Å²) in [6, 6.07) is 5.96. The molecule has 0 saturated heterocycles. The van der Waals surface area contributed by atoms with Crippen LogP contribution in [0.15, 0.2) is 30.5 Å². The van der Waals surface area contributed by atoms with Gasteiger partial charge < -0.3 is 10.4 Å². The summed E-state index contributed by atoms with van der Waals surface area (Å²) in [7, 11) is 0. The molecule has 1 atom stereocenters. The highest BCUT2D eigenvalue weighted by Crippen LogP contribution is 2.21. The second kappa shape index (κ2) is 6.18. The molecule has 0 spiro atoms. The third-order valence-electron chi connectivity index (χ3n) is 3.77. The molecule has 5 heteroatoms. The van der Waals surface area contributed by atoms with Gasteiger partial charge in [-0.15, -0.1) is 0 Å². The van der Waals surface area contributed by atoms with Crippen LogP contribution in [-0.2, 0) is 0 Å². The molecule has 1 aromatic carbocycles. The molecule has 1 amide bonds. The van der Waals surface area contributed by atoms with Crippen LogP contribution in [0, 0.1) is 5.82 Å². The van der Waals surface area contributed by atoms with Gasteiger partial charge >= 0.3 is 0 Å². The van der Waals surface area contributed by atoms with Crippen molar-refractivity contribution in [2.24, 2.45) is 0 Å².